The Bertz CT molecular complexity index is 591. The maximum Gasteiger partial charge on any atom is 0.123 e. The van der Waals surface area contributed by atoms with Crippen molar-refractivity contribution in [3.05, 3.63) is 54.2 Å². The number of nitrogens with two attached hydrogens (primary N) is 1. The smallest absolute Gasteiger partial charge is 0.123 e. The molecule has 1 aromatic carbocycles. The monoisotopic (exact) mass is 299 g/mol. The number of para-hydroxylation sites is 1. The van der Waals surface area contributed by atoms with Gasteiger partial charge in [0, 0.05) is 19.6 Å². The number of nitrogen functional groups attached to an aromatic ring is 1. The highest BCUT2D eigenvalue weighted by Gasteiger charge is 2.22. The molecular formula is C17H21N3O2. The molecule has 0 bridgehead atoms. The van der Waals surface area contributed by atoms with Gasteiger partial charge in [0.25, 0.3) is 0 Å². The lowest BCUT2D eigenvalue weighted by Crippen LogP contribution is -2.40. The third-order valence-corrected chi connectivity index (χ3v) is 3.69. The Morgan fingerprint density at radius 3 is 2.86 bits per heavy atom. The number of hydrogen-bond acceptors (Lipinski definition) is 5. The molecule has 2 aromatic rings. The van der Waals surface area contributed by atoms with E-state index in [0.717, 1.165) is 31.1 Å². The van der Waals surface area contributed by atoms with E-state index in [0.29, 0.717) is 19.0 Å². The van der Waals surface area contributed by atoms with Crippen molar-refractivity contribution in [1.29, 1.82) is 0 Å². The summed E-state index contributed by atoms with van der Waals surface area (Å²) in [5.74, 6) is 1.44. The zero-order valence-corrected chi connectivity index (χ0v) is 12.5. The highest BCUT2D eigenvalue weighted by molar-refractivity contribution is 5.29. The quantitative estimate of drug-likeness (QED) is 0.916. The van der Waals surface area contributed by atoms with Gasteiger partial charge in [0.15, 0.2) is 0 Å². The van der Waals surface area contributed by atoms with Gasteiger partial charge in [-0.05, 0) is 24.3 Å². The van der Waals surface area contributed by atoms with Crippen LogP contribution < -0.4 is 10.5 Å². The van der Waals surface area contributed by atoms with Crippen molar-refractivity contribution in [3.63, 3.8) is 0 Å². The first-order valence-corrected chi connectivity index (χ1v) is 7.55. The molecule has 3 rings (SSSR count). The van der Waals surface area contributed by atoms with Gasteiger partial charge >= 0.3 is 0 Å². The molecule has 0 unspecified atom stereocenters. The number of morpholine rings is 1. The second-order valence-corrected chi connectivity index (χ2v) is 5.31. The van der Waals surface area contributed by atoms with E-state index in [1.807, 2.05) is 42.5 Å². The van der Waals surface area contributed by atoms with E-state index in [1.54, 1.807) is 6.07 Å². The Morgan fingerprint density at radius 1 is 1.18 bits per heavy atom. The van der Waals surface area contributed by atoms with Gasteiger partial charge in [0.2, 0.25) is 0 Å². The number of rotatable bonds is 5. The average molecular weight is 299 g/mol. The summed E-state index contributed by atoms with van der Waals surface area (Å²) in [7, 11) is 0. The fourth-order valence-electron chi connectivity index (χ4n) is 2.54. The largest absolute Gasteiger partial charge is 0.492 e. The van der Waals surface area contributed by atoms with Crippen molar-refractivity contribution in [1.82, 2.24) is 9.88 Å². The molecule has 1 aromatic heterocycles. The fourth-order valence-corrected chi connectivity index (χ4v) is 2.54. The first-order valence-electron chi connectivity index (χ1n) is 7.55. The minimum Gasteiger partial charge on any atom is -0.492 e. The Kier molecular flexibility index (Phi) is 4.88. The van der Waals surface area contributed by atoms with Gasteiger partial charge < -0.3 is 15.2 Å². The molecule has 1 fully saturated rings. The summed E-state index contributed by atoms with van der Waals surface area (Å²) in [6.45, 7) is 3.97. The Hall–Kier alpha value is -2.11. The van der Waals surface area contributed by atoms with Gasteiger partial charge in [0.05, 0.1) is 12.3 Å². The van der Waals surface area contributed by atoms with Gasteiger partial charge in [-0.3, -0.25) is 4.90 Å². The second kappa shape index (κ2) is 7.24. The van der Waals surface area contributed by atoms with Crippen LogP contribution in [0.1, 0.15) is 11.8 Å². The Labute approximate surface area is 130 Å². The molecule has 5 heteroatoms. The van der Waals surface area contributed by atoms with Crippen molar-refractivity contribution in [3.8, 4) is 5.75 Å². The van der Waals surface area contributed by atoms with E-state index in [2.05, 4.69) is 9.88 Å². The first kappa shape index (κ1) is 14.8. The molecule has 2 heterocycles. The minimum absolute atomic E-state index is 0.0195. The average Bonchev–Trinajstić information content (AvgIpc) is 2.56. The van der Waals surface area contributed by atoms with E-state index >= 15 is 0 Å². The predicted octanol–water partition coefficient (Wildman–Crippen LogP) is 2.12. The van der Waals surface area contributed by atoms with Crippen LogP contribution in [0.2, 0.25) is 0 Å². The number of ether oxygens (including phenoxy) is 2. The molecule has 1 aliphatic rings. The van der Waals surface area contributed by atoms with Gasteiger partial charge in [0.1, 0.15) is 24.3 Å². The molecule has 5 nitrogen and oxygen atoms in total. The summed E-state index contributed by atoms with van der Waals surface area (Å²) >= 11 is 0. The van der Waals surface area contributed by atoms with Gasteiger partial charge in [-0.2, -0.15) is 0 Å². The molecule has 0 amide bonds. The third kappa shape index (κ3) is 3.96. The number of nitrogens with zero attached hydrogens (tertiary/aromatic N) is 2. The summed E-state index contributed by atoms with van der Waals surface area (Å²) in [4.78, 5) is 6.69. The molecule has 0 radical (unpaired) electrons. The van der Waals surface area contributed by atoms with Crippen molar-refractivity contribution in [2.75, 3.05) is 38.6 Å². The Morgan fingerprint density at radius 2 is 2.05 bits per heavy atom. The highest BCUT2D eigenvalue weighted by Crippen LogP contribution is 2.21. The minimum atomic E-state index is -0.0195. The van der Waals surface area contributed by atoms with E-state index < -0.39 is 0 Å². The number of aromatic nitrogens is 1. The van der Waals surface area contributed by atoms with Crippen LogP contribution in [-0.2, 0) is 4.74 Å². The van der Waals surface area contributed by atoms with E-state index in [-0.39, 0.29) is 6.10 Å². The van der Waals surface area contributed by atoms with Crippen LogP contribution in [0.5, 0.6) is 5.75 Å². The molecule has 0 spiro atoms. The van der Waals surface area contributed by atoms with E-state index in [1.165, 1.54) is 0 Å². The number of benzene rings is 1. The molecule has 0 saturated carbocycles. The molecule has 1 aliphatic heterocycles. The lowest BCUT2D eigenvalue weighted by molar-refractivity contribution is -0.0348. The van der Waals surface area contributed by atoms with Crippen molar-refractivity contribution >= 4 is 5.82 Å². The first-order chi connectivity index (χ1) is 10.8. The van der Waals surface area contributed by atoms with E-state index in [9.17, 15) is 0 Å². The summed E-state index contributed by atoms with van der Waals surface area (Å²) < 4.78 is 11.6. The standard InChI is InChI=1S/C17H21N3O2/c18-17-8-4-7-15(19-17)16-13-20(10-12-22-16)9-11-21-14-5-2-1-3-6-14/h1-8,16H,9-13H2,(H2,18,19)/t16-/m1/s1. The van der Waals surface area contributed by atoms with Crippen LogP contribution in [0, 0.1) is 0 Å². The zero-order chi connectivity index (χ0) is 15.2. The van der Waals surface area contributed by atoms with Crippen LogP contribution in [0.25, 0.3) is 0 Å². The fraction of sp³-hybridized carbons (Fsp3) is 0.353. The Balaban J connectivity index is 1.50. The number of hydrogen-bond donors (Lipinski definition) is 1. The van der Waals surface area contributed by atoms with Crippen molar-refractivity contribution in [2.45, 2.75) is 6.10 Å². The number of pyridine rings is 1. The molecule has 116 valence electrons. The molecule has 22 heavy (non-hydrogen) atoms. The van der Waals surface area contributed by atoms with Gasteiger partial charge in [-0.15, -0.1) is 0 Å². The molecule has 0 aliphatic carbocycles. The van der Waals surface area contributed by atoms with Crippen LogP contribution in [0.15, 0.2) is 48.5 Å². The van der Waals surface area contributed by atoms with Crippen molar-refractivity contribution in [2.24, 2.45) is 0 Å². The van der Waals surface area contributed by atoms with E-state index in [4.69, 9.17) is 15.2 Å². The van der Waals surface area contributed by atoms with Crippen LogP contribution in [0.4, 0.5) is 5.82 Å². The number of anilines is 1. The molecule has 1 saturated heterocycles. The SMILES string of the molecule is Nc1cccc([C@H]2CN(CCOc3ccccc3)CCO2)n1. The summed E-state index contributed by atoms with van der Waals surface area (Å²) in [5.41, 5.74) is 6.64. The predicted molar refractivity (Wildman–Crippen MR) is 85.7 cm³/mol. The van der Waals surface area contributed by atoms with Crippen LogP contribution in [-0.4, -0.2) is 42.7 Å². The second-order valence-electron chi connectivity index (χ2n) is 5.31. The van der Waals surface area contributed by atoms with Crippen molar-refractivity contribution < 1.29 is 9.47 Å². The molecular weight excluding hydrogens is 278 g/mol. The highest BCUT2D eigenvalue weighted by atomic mass is 16.5. The maximum absolute atomic E-state index is 5.81. The summed E-state index contributed by atoms with van der Waals surface area (Å²) in [6.07, 6.45) is -0.0195. The third-order valence-electron chi connectivity index (χ3n) is 3.69. The van der Waals surface area contributed by atoms with Crippen LogP contribution >= 0.6 is 0 Å². The van der Waals surface area contributed by atoms with Gasteiger partial charge in [-0.25, -0.2) is 4.98 Å². The lowest BCUT2D eigenvalue weighted by Gasteiger charge is -2.32. The van der Waals surface area contributed by atoms with Crippen LogP contribution in [0.3, 0.4) is 0 Å². The van der Waals surface area contributed by atoms with Gasteiger partial charge in [-0.1, -0.05) is 24.3 Å². The maximum atomic E-state index is 5.81. The topological polar surface area (TPSA) is 60.6 Å². The normalized spacial score (nSPS) is 19.0. The summed E-state index contributed by atoms with van der Waals surface area (Å²) in [6, 6.07) is 15.5. The molecule has 1 atom stereocenters. The molecule has 2 N–H and O–H groups in total. The zero-order valence-electron chi connectivity index (χ0n) is 12.5. The summed E-state index contributed by atoms with van der Waals surface area (Å²) in [5, 5.41) is 0. The lowest BCUT2D eigenvalue weighted by atomic mass is 10.2.